The van der Waals surface area contributed by atoms with E-state index >= 15 is 0 Å². The normalized spacial score (nSPS) is 20.0. The Morgan fingerprint density at radius 1 is 1.48 bits per heavy atom. The zero-order valence-corrected chi connectivity index (χ0v) is 13.6. The van der Waals surface area contributed by atoms with Crippen LogP contribution in [-0.4, -0.2) is 57.1 Å². The molecule has 1 rings (SSSR count). The van der Waals surface area contributed by atoms with Crippen LogP contribution in [0.4, 0.5) is 8.78 Å². The quantitative estimate of drug-likeness (QED) is 0.742. The highest BCUT2D eigenvalue weighted by atomic mass is 35.5. The second-order valence-electron chi connectivity index (χ2n) is 5.51. The van der Waals surface area contributed by atoms with Crippen molar-refractivity contribution in [1.82, 2.24) is 10.2 Å². The summed E-state index contributed by atoms with van der Waals surface area (Å²) in [6.07, 6.45) is 0.0626. The van der Waals surface area contributed by atoms with E-state index in [1.54, 1.807) is 0 Å². The van der Waals surface area contributed by atoms with Gasteiger partial charge in [0.25, 0.3) is 6.43 Å². The number of alkyl halides is 2. The number of hydrogen-bond donors (Lipinski definition) is 1. The van der Waals surface area contributed by atoms with Gasteiger partial charge in [-0.2, -0.15) is 0 Å². The van der Waals surface area contributed by atoms with Crippen molar-refractivity contribution in [3.63, 3.8) is 0 Å². The molecule has 0 spiro atoms. The van der Waals surface area contributed by atoms with Gasteiger partial charge in [-0.3, -0.25) is 4.79 Å². The first kappa shape index (κ1) is 20.5. The van der Waals surface area contributed by atoms with Gasteiger partial charge in [-0.1, -0.05) is 6.92 Å². The molecule has 1 amide bonds. The van der Waals surface area contributed by atoms with Crippen LogP contribution in [0.3, 0.4) is 0 Å². The summed E-state index contributed by atoms with van der Waals surface area (Å²) in [6.45, 7) is 4.00. The molecule has 2 atom stereocenters. The fourth-order valence-electron chi connectivity index (χ4n) is 2.62. The predicted octanol–water partition coefficient (Wildman–Crippen LogP) is 2.17. The molecule has 0 saturated carbocycles. The maximum Gasteiger partial charge on any atom is 0.255 e. The van der Waals surface area contributed by atoms with Crippen molar-refractivity contribution in [2.45, 2.75) is 32.6 Å². The molecule has 2 unspecified atom stereocenters. The van der Waals surface area contributed by atoms with Crippen molar-refractivity contribution >= 4 is 18.3 Å². The number of carbonyl (C=O) groups excluding carboxylic acids is 1. The SMILES string of the molecule is COCCN(CC(F)F)C(=O)CC(C)C1CCCNC1.Cl. The molecule has 1 aliphatic rings. The molecular formula is C14H27ClF2N2O2. The molecule has 1 aliphatic heterocycles. The molecule has 0 bridgehead atoms. The monoisotopic (exact) mass is 328 g/mol. The van der Waals surface area contributed by atoms with Gasteiger partial charge in [0.05, 0.1) is 13.2 Å². The third-order valence-corrected chi connectivity index (χ3v) is 3.91. The molecule has 4 nitrogen and oxygen atoms in total. The first-order chi connectivity index (χ1) is 9.54. The lowest BCUT2D eigenvalue weighted by atomic mass is 9.85. The lowest BCUT2D eigenvalue weighted by Crippen LogP contribution is -2.40. The van der Waals surface area contributed by atoms with Gasteiger partial charge in [0.2, 0.25) is 5.91 Å². The summed E-state index contributed by atoms with van der Waals surface area (Å²) < 4.78 is 29.9. The fraction of sp³-hybridized carbons (Fsp3) is 0.929. The maximum absolute atomic E-state index is 12.5. The van der Waals surface area contributed by atoms with Gasteiger partial charge < -0.3 is 15.0 Å². The lowest BCUT2D eigenvalue weighted by Gasteiger charge is -2.30. The Kier molecular flexibility index (Phi) is 10.9. The molecule has 7 heteroatoms. The molecule has 0 radical (unpaired) electrons. The van der Waals surface area contributed by atoms with E-state index in [0.29, 0.717) is 12.3 Å². The van der Waals surface area contributed by atoms with Gasteiger partial charge in [0, 0.05) is 20.1 Å². The topological polar surface area (TPSA) is 41.6 Å². The van der Waals surface area contributed by atoms with E-state index < -0.39 is 13.0 Å². The van der Waals surface area contributed by atoms with Crippen LogP contribution in [0.2, 0.25) is 0 Å². The molecule has 21 heavy (non-hydrogen) atoms. The summed E-state index contributed by atoms with van der Waals surface area (Å²) in [5.41, 5.74) is 0. The second kappa shape index (κ2) is 11.2. The number of nitrogens with zero attached hydrogens (tertiary/aromatic N) is 1. The average Bonchev–Trinajstić information content (AvgIpc) is 2.43. The van der Waals surface area contributed by atoms with E-state index in [9.17, 15) is 13.6 Å². The lowest BCUT2D eigenvalue weighted by molar-refractivity contribution is -0.135. The van der Waals surface area contributed by atoms with Crippen LogP contribution in [0.25, 0.3) is 0 Å². The molecule has 126 valence electrons. The Bertz CT molecular complexity index is 290. The number of amides is 1. The van der Waals surface area contributed by atoms with Crippen LogP contribution in [0, 0.1) is 11.8 Å². The zero-order chi connectivity index (χ0) is 15.0. The van der Waals surface area contributed by atoms with Crippen LogP contribution >= 0.6 is 12.4 Å². The molecule has 0 aliphatic carbocycles. The highest BCUT2D eigenvalue weighted by Crippen LogP contribution is 2.23. The zero-order valence-electron chi connectivity index (χ0n) is 12.8. The number of methoxy groups -OCH3 is 1. The van der Waals surface area contributed by atoms with Gasteiger partial charge in [0.15, 0.2) is 0 Å². The van der Waals surface area contributed by atoms with Crippen molar-refractivity contribution in [3.8, 4) is 0 Å². The first-order valence-electron chi connectivity index (χ1n) is 7.30. The van der Waals surface area contributed by atoms with E-state index in [-0.39, 0.29) is 37.4 Å². The summed E-state index contributed by atoms with van der Waals surface area (Å²) in [5, 5.41) is 3.32. The van der Waals surface area contributed by atoms with Gasteiger partial charge in [-0.15, -0.1) is 12.4 Å². The molecule has 1 saturated heterocycles. The van der Waals surface area contributed by atoms with E-state index in [1.807, 2.05) is 6.92 Å². The molecule has 0 aromatic carbocycles. The Morgan fingerprint density at radius 3 is 2.71 bits per heavy atom. The van der Waals surface area contributed by atoms with Crippen molar-refractivity contribution in [2.24, 2.45) is 11.8 Å². The van der Waals surface area contributed by atoms with E-state index in [1.165, 1.54) is 12.0 Å². The molecule has 1 fully saturated rings. The number of carbonyl (C=O) groups is 1. The number of hydrogen-bond acceptors (Lipinski definition) is 3. The number of piperidine rings is 1. The van der Waals surface area contributed by atoms with Crippen LogP contribution < -0.4 is 5.32 Å². The van der Waals surface area contributed by atoms with Crippen LogP contribution in [0.15, 0.2) is 0 Å². The Balaban J connectivity index is 0.00000400. The molecule has 1 N–H and O–H groups in total. The van der Waals surface area contributed by atoms with Gasteiger partial charge in [-0.25, -0.2) is 8.78 Å². The van der Waals surface area contributed by atoms with Crippen LogP contribution in [0.1, 0.15) is 26.2 Å². The molecule has 0 aromatic rings. The standard InChI is InChI=1S/C14H26F2N2O2.ClH/c1-11(12-4-3-5-17-9-12)8-14(19)18(6-7-20-2)10-13(15)16;/h11-13,17H,3-10H2,1-2H3;1H. The molecular weight excluding hydrogens is 302 g/mol. The van der Waals surface area contributed by atoms with Crippen LogP contribution in [-0.2, 0) is 9.53 Å². The minimum Gasteiger partial charge on any atom is -0.383 e. The fourth-order valence-corrected chi connectivity index (χ4v) is 2.62. The predicted molar refractivity (Wildman–Crippen MR) is 81.1 cm³/mol. The second-order valence-corrected chi connectivity index (χ2v) is 5.51. The Morgan fingerprint density at radius 2 is 2.19 bits per heavy atom. The minimum absolute atomic E-state index is 0. The number of ether oxygens (including phenoxy) is 1. The number of halogens is 3. The summed E-state index contributed by atoms with van der Waals surface area (Å²) in [5.74, 6) is 0.488. The third kappa shape index (κ3) is 7.93. The van der Waals surface area contributed by atoms with E-state index in [2.05, 4.69) is 5.32 Å². The van der Waals surface area contributed by atoms with Crippen molar-refractivity contribution in [1.29, 1.82) is 0 Å². The average molecular weight is 329 g/mol. The van der Waals surface area contributed by atoms with Crippen molar-refractivity contribution in [2.75, 3.05) is 39.9 Å². The number of nitrogens with one attached hydrogen (secondary N) is 1. The Labute approximate surface area is 132 Å². The van der Waals surface area contributed by atoms with Crippen LogP contribution in [0.5, 0.6) is 0 Å². The molecule has 0 aromatic heterocycles. The Hall–Kier alpha value is -0.460. The van der Waals surface area contributed by atoms with Crippen molar-refractivity contribution in [3.05, 3.63) is 0 Å². The van der Waals surface area contributed by atoms with Gasteiger partial charge in [0.1, 0.15) is 0 Å². The smallest absolute Gasteiger partial charge is 0.255 e. The first-order valence-corrected chi connectivity index (χ1v) is 7.30. The highest BCUT2D eigenvalue weighted by molar-refractivity contribution is 5.85. The summed E-state index contributed by atoms with van der Waals surface area (Å²) in [7, 11) is 1.50. The summed E-state index contributed by atoms with van der Waals surface area (Å²) in [6, 6.07) is 0. The minimum atomic E-state index is -2.50. The summed E-state index contributed by atoms with van der Waals surface area (Å²) in [4.78, 5) is 13.4. The van der Waals surface area contributed by atoms with Gasteiger partial charge >= 0.3 is 0 Å². The van der Waals surface area contributed by atoms with E-state index in [0.717, 1.165) is 25.9 Å². The van der Waals surface area contributed by atoms with E-state index in [4.69, 9.17) is 4.74 Å². The third-order valence-electron chi connectivity index (χ3n) is 3.91. The van der Waals surface area contributed by atoms with Crippen molar-refractivity contribution < 1.29 is 18.3 Å². The molecule has 1 heterocycles. The van der Waals surface area contributed by atoms with Gasteiger partial charge in [-0.05, 0) is 37.8 Å². The largest absolute Gasteiger partial charge is 0.383 e. The highest BCUT2D eigenvalue weighted by Gasteiger charge is 2.25. The summed E-state index contributed by atoms with van der Waals surface area (Å²) >= 11 is 0. The maximum atomic E-state index is 12.5. The number of rotatable bonds is 8.